The van der Waals surface area contributed by atoms with Gasteiger partial charge in [0.2, 0.25) is 11.8 Å². The highest BCUT2D eigenvalue weighted by molar-refractivity contribution is 7.10. The minimum atomic E-state index is -0.363. The number of nitrogens with zero attached hydrogens (tertiary/aromatic N) is 2. The normalized spacial score (nSPS) is 20.1. The van der Waals surface area contributed by atoms with Crippen LogP contribution in [0.4, 0.5) is 0 Å². The Morgan fingerprint density at radius 3 is 3.00 bits per heavy atom. The molecule has 0 aliphatic carbocycles. The summed E-state index contributed by atoms with van der Waals surface area (Å²) in [5.41, 5.74) is 5.18. The number of nitrogens with two attached hydrogens (primary N) is 1. The fourth-order valence-corrected chi connectivity index (χ4v) is 3.42. The third-order valence-corrected chi connectivity index (χ3v) is 4.79. The Morgan fingerprint density at radius 1 is 1.59 bits per heavy atom. The molecular formula is C15H23N3O3S. The van der Waals surface area contributed by atoms with Crippen molar-refractivity contribution in [2.75, 3.05) is 39.8 Å². The molecule has 22 heavy (non-hydrogen) atoms. The van der Waals surface area contributed by atoms with Crippen LogP contribution in [0.5, 0.6) is 0 Å². The topological polar surface area (TPSA) is 75.9 Å². The number of hydrogen-bond donors (Lipinski definition) is 1. The summed E-state index contributed by atoms with van der Waals surface area (Å²) in [7, 11) is 1.82. The van der Waals surface area contributed by atoms with E-state index in [1.165, 1.54) is 0 Å². The highest BCUT2D eigenvalue weighted by Crippen LogP contribution is 2.23. The second-order valence-electron chi connectivity index (χ2n) is 5.68. The summed E-state index contributed by atoms with van der Waals surface area (Å²) in [6, 6.07) is 3.95. The monoisotopic (exact) mass is 325 g/mol. The van der Waals surface area contributed by atoms with Gasteiger partial charge in [0, 0.05) is 24.5 Å². The Balaban J connectivity index is 1.89. The van der Waals surface area contributed by atoms with Crippen molar-refractivity contribution in [1.82, 2.24) is 9.80 Å². The highest BCUT2D eigenvalue weighted by Gasteiger charge is 2.29. The number of rotatable bonds is 6. The fraction of sp³-hybridized carbons (Fsp3) is 0.600. The number of carbonyl (C=O) groups excluding carboxylic acids is 2. The first kappa shape index (κ1) is 16.9. The lowest BCUT2D eigenvalue weighted by atomic mass is 10.1. The quantitative estimate of drug-likeness (QED) is 0.826. The number of hydrogen-bond acceptors (Lipinski definition) is 5. The van der Waals surface area contributed by atoms with Gasteiger partial charge in [0.15, 0.2) is 0 Å². The first-order chi connectivity index (χ1) is 10.5. The van der Waals surface area contributed by atoms with Gasteiger partial charge in [-0.25, -0.2) is 0 Å². The van der Waals surface area contributed by atoms with Gasteiger partial charge >= 0.3 is 0 Å². The second kappa shape index (κ2) is 7.71. The van der Waals surface area contributed by atoms with Crippen LogP contribution in [0.15, 0.2) is 17.5 Å². The Morgan fingerprint density at radius 2 is 2.36 bits per heavy atom. The minimum absolute atomic E-state index is 0.0856. The minimum Gasteiger partial charge on any atom is -0.373 e. The van der Waals surface area contributed by atoms with Gasteiger partial charge in [0.05, 0.1) is 25.2 Å². The molecule has 0 radical (unpaired) electrons. The third kappa shape index (κ3) is 4.53. The van der Waals surface area contributed by atoms with E-state index in [0.717, 1.165) is 4.88 Å². The molecule has 0 bridgehead atoms. The van der Waals surface area contributed by atoms with Gasteiger partial charge in [-0.15, -0.1) is 11.3 Å². The first-order valence-electron chi connectivity index (χ1n) is 7.38. The van der Waals surface area contributed by atoms with E-state index < -0.39 is 0 Å². The lowest BCUT2D eigenvalue weighted by Gasteiger charge is -2.35. The molecule has 1 saturated heterocycles. The lowest BCUT2D eigenvalue weighted by molar-refractivity contribution is -0.140. The van der Waals surface area contributed by atoms with Gasteiger partial charge in [0.25, 0.3) is 0 Å². The van der Waals surface area contributed by atoms with E-state index in [2.05, 4.69) is 0 Å². The average molecular weight is 325 g/mol. The molecule has 0 saturated carbocycles. The smallest absolute Gasteiger partial charge is 0.231 e. The Bertz CT molecular complexity index is 506. The van der Waals surface area contributed by atoms with Crippen LogP contribution in [0.1, 0.15) is 17.7 Å². The van der Waals surface area contributed by atoms with E-state index in [1.807, 2.05) is 41.3 Å². The van der Waals surface area contributed by atoms with Crippen LogP contribution >= 0.6 is 11.3 Å². The number of amides is 2. The van der Waals surface area contributed by atoms with Gasteiger partial charge in [-0.3, -0.25) is 14.5 Å². The summed E-state index contributed by atoms with van der Waals surface area (Å²) in [6.45, 7) is 4.41. The first-order valence-corrected chi connectivity index (χ1v) is 8.26. The van der Waals surface area contributed by atoms with E-state index in [9.17, 15) is 9.59 Å². The average Bonchev–Trinajstić information content (AvgIpc) is 2.99. The summed E-state index contributed by atoms with van der Waals surface area (Å²) in [5, 5.41) is 1.99. The zero-order chi connectivity index (χ0) is 16.1. The van der Waals surface area contributed by atoms with Crippen molar-refractivity contribution in [3.63, 3.8) is 0 Å². The van der Waals surface area contributed by atoms with E-state index in [-0.39, 0.29) is 30.4 Å². The zero-order valence-corrected chi connectivity index (χ0v) is 13.8. The predicted molar refractivity (Wildman–Crippen MR) is 85.7 cm³/mol. The fourth-order valence-electron chi connectivity index (χ4n) is 2.64. The van der Waals surface area contributed by atoms with Crippen LogP contribution in [0.25, 0.3) is 0 Å². The van der Waals surface area contributed by atoms with Crippen molar-refractivity contribution in [2.45, 2.75) is 18.9 Å². The molecule has 2 heterocycles. The summed E-state index contributed by atoms with van der Waals surface area (Å²) in [6.07, 6.45) is -0.0856. The molecule has 1 fully saturated rings. The van der Waals surface area contributed by atoms with Crippen LogP contribution < -0.4 is 5.73 Å². The van der Waals surface area contributed by atoms with Gasteiger partial charge in [0.1, 0.15) is 0 Å². The van der Waals surface area contributed by atoms with Crippen LogP contribution in [0.3, 0.4) is 0 Å². The van der Waals surface area contributed by atoms with Gasteiger partial charge in [-0.1, -0.05) is 6.07 Å². The molecule has 1 aromatic heterocycles. The van der Waals surface area contributed by atoms with Crippen molar-refractivity contribution in [2.24, 2.45) is 5.73 Å². The summed E-state index contributed by atoms with van der Waals surface area (Å²) in [5.74, 6) is -0.354. The number of carbonyl (C=O) groups is 2. The molecule has 1 aliphatic heterocycles. The van der Waals surface area contributed by atoms with Crippen molar-refractivity contribution < 1.29 is 14.3 Å². The van der Waals surface area contributed by atoms with Crippen LogP contribution in [-0.2, 0) is 14.3 Å². The summed E-state index contributed by atoms with van der Waals surface area (Å²) >= 11 is 1.60. The predicted octanol–water partition coefficient (Wildman–Crippen LogP) is 0.496. The van der Waals surface area contributed by atoms with Crippen LogP contribution in [-0.4, -0.2) is 67.6 Å². The maximum absolute atomic E-state index is 12.6. The summed E-state index contributed by atoms with van der Waals surface area (Å²) < 4.78 is 5.70. The molecule has 0 aromatic carbocycles. The van der Waals surface area contributed by atoms with Crippen molar-refractivity contribution in [3.8, 4) is 0 Å². The van der Waals surface area contributed by atoms with E-state index in [1.54, 1.807) is 11.3 Å². The maximum atomic E-state index is 12.6. The summed E-state index contributed by atoms with van der Waals surface area (Å²) in [4.78, 5) is 28.3. The van der Waals surface area contributed by atoms with Gasteiger partial charge < -0.3 is 15.4 Å². The van der Waals surface area contributed by atoms with E-state index in [0.29, 0.717) is 26.2 Å². The molecule has 6 nitrogen and oxygen atoms in total. The molecule has 1 aromatic rings. The molecule has 122 valence electrons. The Labute approximate surface area is 134 Å². The zero-order valence-electron chi connectivity index (χ0n) is 13.0. The van der Waals surface area contributed by atoms with Crippen molar-refractivity contribution in [3.05, 3.63) is 22.4 Å². The molecule has 2 N–H and O–H groups in total. The Kier molecular flexibility index (Phi) is 5.93. The molecule has 1 aliphatic rings. The number of primary amides is 1. The molecule has 2 atom stereocenters. The lowest BCUT2D eigenvalue weighted by Crippen LogP contribution is -2.50. The van der Waals surface area contributed by atoms with Gasteiger partial charge in [-0.05, 0) is 25.4 Å². The molecule has 7 heteroatoms. The van der Waals surface area contributed by atoms with E-state index in [4.69, 9.17) is 10.5 Å². The number of thiophene rings is 1. The molecule has 2 amide bonds. The third-order valence-electron chi connectivity index (χ3n) is 3.73. The Hall–Kier alpha value is -1.44. The van der Waals surface area contributed by atoms with Gasteiger partial charge in [-0.2, -0.15) is 0 Å². The molecule has 0 unspecified atom stereocenters. The molecule has 2 rings (SSSR count). The standard InChI is InChI=1S/C15H23N3O3S/c1-11(13-4-3-7-22-13)15(20)18-5-6-21-12(9-18)8-17(2)10-14(16)19/h3-4,7,11-12H,5-6,8-10H2,1-2H3,(H2,16,19)/t11-,12+/m0/s1. The van der Waals surface area contributed by atoms with Crippen molar-refractivity contribution >= 4 is 23.2 Å². The highest BCUT2D eigenvalue weighted by atomic mass is 32.1. The SMILES string of the molecule is C[C@H](C(=O)N1CCO[C@H](CN(C)CC(N)=O)C1)c1cccs1. The maximum Gasteiger partial charge on any atom is 0.231 e. The second-order valence-corrected chi connectivity index (χ2v) is 6.66. The number of morpholine rings is 1. The largest absolute Gasteiger partial charge is 0.373 e. The van der Waals surface area contributed by atoms with E-state index >= 15 is 0 Å². The van der Waals surface area contributed by atoms with Crippen LogP contribution in [0, 0.1) is 0 Å². The molecular weight excluding hydrogens is 302 g/mol. The van der Waals surface area contributed by atoms with Crippen molar-refractivity contribution in [1.29, 1.82) is 0 Å². The molecule has 0 spiro atoms. The number of ether oxygens (including phenoxy) is 1. The van der Waals surface area contributed by atoms with Crippen LogP contribution in [0.2, 0.25) is 0 Å². The number of likely N-dealkylation sites (N-methyl/N-ethyl adjacent to an activating group) is 1.